The lowest BCUT2D eigenvalue weighted by Crippen LogP contribution is -2.27. The Labute approximate surface area is 110 Å². The quantitative estimate of drug-likeness (QED) is 0.830. The zero-order chi connectivity index (χ0) is 12.8. The second-order valence-electron chi connectivity index (χ2n) is 5.63. The minimum absolute atomic E-state index is 0.204. The second-order valence-corrected chi connectivity index (χ2v) is 5.63. The van der Waals surface area contributed by atoms with E-state index in [0.29, 0.717) is 0 Å². The molecule has 2 rings (SSSR count). The highest BCUT2D eigenvalue weighted by molar-refractivity contribution is 5.46. The molecule has 1 atom stereocenters. The van der Waals surface area contributed by atoms with Crippen molar-refractivity contribution >= 4 is 5.69 Å². The van der Waals surface area contributed by atoms with Gasteiger partial charge in [0.2, 0.25) is 0 Å². The average molecular weight is 247 g/mol. The third-order valence-electron chi connectivity index (χ3n) is 3.95. The van der Waals surface area contributed by atoms with Gasteiger partial charge in [0.25, 0.3) is 0 Å². The Morgan fingerprint density at radius 3 is 2.72 bits per heavy atom. The molecule has 1 saturated carbocycles. The summed E-state index contributed by atoms with van der Waals surface area (Å²) in [5.41, 5.74) is 2.39. The van der Waals surface area contributed by atoms with Gasteiger partial charge in [0.05, 0.1) is 6.61 Å². The fourth-order valence-corrected chi connectivity index (χ4v) is 2.97. The normalized spacial score (nSPS) is 18.6. The van der Waals surface area contributed by atoms with Crippen molar-refractivity contribution in [2.75, 3.05) is 11.9 Å². The average Bonchev–Trinajstić information content (AvgIpc) is 2.39. The molecule has 0 saturated heterocycles. The van der Waals surface area contributed by atoms with E-state index in [1.54, 1.807) is 0 Å². The summed E-state index contributed by atoms with van der Waals surface area (Å²) in [6.07, 6.45) is 7.91. The molecule has 2 N–H and O–H groups in total. The third kappa shape index (κ3) is 4.02. The van der Waals surface area contributed by atoms with Crippen LogP contribution in [-0.4, -0.2) is 17.8 Å². The van der Waals surface area contributed by atoms with Gasteiger partial charge in [-0.05, 0) is 37.0 Å². The topological polar surface area (TPSA) is 32.3 Å². The fourth-order valence-electron chi connectivity index (χ4n) is 2.97. The van der Waals surface area contributed by atoms with Crippen LogP contribution in [0, 0.1) is 12.8 Å². The molecule has 1 aromatic rings. The number of aliphatic hydroxyl groups is 1. The summed E-state index contributed by atoms with van der Waals surface area (Å²) >= 11 is 0. The molecule has 0 aromatic heterocycles. The van der Waals surface area contributed by atoms with Crippen molar-refractivity contribution in [3.63, 3.8) is 0 Å². The third-order valence-corrected chi connectivity index (χ3v) is 3.95. The van der Waals surface area contributed by atoms with Gasteiger partial charge in [-0.15, -0.1) is 0 Å². The zero-order valence-electron chi connectivity index (χ0n) is 11.4. The van der Waals surface area contributed by atoms with E-state index < -0.39 is 0 Å². The molecule has 1 aromatic carbocycles. The number of aryl methyl sites for hydroxylation is 1. The lowest BCUT2D eigenvalue weighted by atomic mass is 9.85. The Hall–Kier alpha value is -1.02. The van der Waals surface area contributed by atoms with Gasteiger partial charge in [0.15, 0.2) is 0 Å². The summed E-state index contributed by atoms with van der Waals surface area (Å²) in [7, 11) is 0. The highest BCUT2D eigenvalue weighted by Crippen LogP contribution is 2.28. The van der Waals surface area contributed by atoms with E-state index in [1.165, 1.54) is 37.7 Å². The van der Waals surface area contributed by atoms with Gasteiger partial charge < -0.3 is 10.4 Å². The van der Waals surface area contributed by atoms with Crippen molar-refractivity contribution in [2.45, 2.75) is 51.5 Å². The molecule has 2 heteroatoms. The number of anilines is 1. The zero-order valence-corrected chi connectivity index (χ0v) is 11.4. The van der Waals surface area contributed by atoms with E-state index in [0.717, 1.165) is 18.0 Å². The minimum Gasteiger partial charge on any atom is -0.394 e. The molecule has 0 amide bonds. The lowest BCUT2D eigenvalue weighted by molar-refractivity contribution is 0.237. The molecule has 0 spiro atoms. The highest BCUT2D eigenvalue weighted by Gasteiger charge is 2.18. The van der Waals surface area contributed by atoms with Crippen molar-refractivity contribution < 1.29 is 5.11 Å². The summed E-state index contributed by atoms with van der Waals surface area (Å²) in [6.45, 7) is 2.32. The van der Waals surface area contributed by atoms with Crippen LogP contribution in [0.4, 0.5) is 5.69 Å². The molecular weight excluding hydrogens is 222 g/mol. The summed E-state index contributed by atoms with van der Waals surface area (Å²) in [5.74, 6) is 0.799. The minimum atomic E-state index is 0.204. The maximum Gasteiger partial charge on any atom is 0.0632 e. The number of benzene rings is 1. The maximum absolute atomic E-state index is 9.52. The predicted octanol–water partition coefficient (Wildman–Crippen LogP) is 3.74. The van der Waals surface area contributed by atoms with Crippen LogP contribution in [0.2, 0.25) is 0 Å². The molecule has 18 heavy (non-hydrogen) atoms. The molecule has 1 aliphatic rings. The van der Waals surface area contributed by atoms with Gasteiger partial charge in [-0.3, -0.25) is 0 Å². The summed E-state index contributed by atoms with van der Waals surface area (Å²) in [5, 5.41) is 13.0. The Bertz CT molecular complexity index is 358. The van der Waals surface area contributed by atoms with Crippen molar-refractivity contribution in [3.8, 4) is 0 Å². The van der Waals surface area contributed by atoms with E-state index in [4.69, 9.17) is 0 Å². The standard InChI is InChI=1S/C16H25NO/c1-13-6-5-9-15(10-13)17-16(12-18)11-14-7-3-2-4-8-14/h5-6,9-10,14,16-18H,2-4,7-8,11-12H2,1H3. The Morgan fingerprint density at radius 1 is 1.28 bits per heavy atom. The van der Waals surface area contributed by atoms with Gasteiger partial charge in [-0.2, -0.15) is 0 Å². The Balaban J connectivity index is 1.88. The second kappa shape index (κ2) is 6.79. The van der Waals surface area contributed by atoms with Crippen LogP contribution in [-0.2, 0) is 0 Å². The largest absolute Gasteiger partial charge is 0.394 e. The van der Waals surface area contributed by atoms with Gasteiger partial charge in [0, 0.05) is 11.7 Å². The fraction of sp³-hybridized carbons (Fsp3) is 0.625. The van der Waals surface area contributed by atoms with E-state index in [2.05, 4.69) is 36.5 Å². The maximum atomic E-state index is 9.52. The molecule has 0 bridgehead atoms. The first-order valence-electron chi connectivity index (χ1n) is 7.22. The number of rotatable bonds is 5. The van der Waals surface area contributed by atoms with Crippen molar-refractivity contribution in [2.24, 2.45) is 5.92 Å². The van der Waals surface area contributed by atoms with E-state index in [9.17, 15) is 5.11 Å². The van der Waals surface area contributed by atoms with Gasteiger partial charge in [-0.1, -0.05) is 44.2 Å². The Kier molecular flexibility index (Phi) is 5.06. The number of nitrogens with one attached hydrogen (secondary N) is 1. The first kappa shape index (κ1) is 13.4. The van der Waals surface area contributed by atoms with Crippen LogP contribution in [0.3, 0.4) is 0 Å². The lowest BCUT2D eigenvalue weighted by Gasteiger charge is -2.26. The van der Waals surface area contributed by atoms with Crippen LogP contribution in [0.5, 0.6) is 0 Å². The smallest absolute Gasteiger partial charge is 0.0632 e. The van der Waals surface area contributed by atoms with Crippen LogP contribution >= 0.6 is 0 Å². The van der Waals surface area contributed by atoms with Crippen LogP contribution in [0.1, 0.15) is 44.1 Å². The van der Waals surface area contributed by atoms with Gasteiger partial charge in [-0.25, -0.2) is 0 Å². The molecule has 0 radical (unpaired) electrons. The van der Waals surface area contributed by atoms with Crippen molar-refractivity contribution in [1.29, 1.82) is 0 Å². The Morgan fingerprint density at radius 2 is 2.06 bits per heavy atom. The molecule has 0 aliphatic heterocycles. The van der Waals surface area contributed by atoms with Crippen molar-refractivity contribution in [1.82, 2.24) is 0 Å². The van der Waals surface area contributed by atoms with Crippen molar-refractivity contribution in [3.05, 3.63) is 29.8 Å². The number of hydrogen-bond donors (Lipinski definition) is 2. The molecule has 0 heterocycles. The molecule has 100 valence electrons. The molecule has 2 nitrogen and oxygen atoms in total. The van der Waals surface area contributed by atoms with Crippen LogP contribution in [0.15, 0.2) is 24.3 Å². The first-order chi connectivity index (χ1) is 8.78. The molecule has 1 unspecified atom stereocenters. The highest BCUT2D eigenvalue weighted by atomic mass is 16.3. The van der Waals surface area contributed by atoms with E-state index >= 15 is 0 Å². The molecule has 1 aliphatic carbocycles. The number of hydrogen-bond acceptors (Lipinski definition) is 2. The molecular formula is C16H25NO. The van der Waals surface area contributed by atoms with Gasteiger partial charge >= 0.3 is 0 Å². The first-order valence-corrected chi connectivity index (χ1v) is 7.22. The molecule has 1 fully saturated rings. The summed E-state index contributed by atoms with van der Waals surface area (Å²) in [6, 6.07) is 8.59. The predicted molar refractivity (Wildman–Crippen MR) is 76.9 cm³/mol. The SMILES string of the molecule is Cc1cccc(NC(CO)CC2CCCCC2)c1. The summed E-state index contributed by atoms with van der Waals surface area (Å²) in [4.78, 5) is 0. The van der Waals surface area contributed by atoms with Crippen LogP contribution < -0.4 is 5.32 Å². The van der Waals surface area contributed by atoms with E-state index in [-0.39, 0.29) is 12.6 Å². The summed E-state index contributed by atoms with van der Waals surface area (Å²) < 4.78 is 0. The van der Waals surface area contributed by atoms with E-state index in [1.807, 2.05) is 0 Å². The monoisotopic (exact) mass is 247 g/mol. The van der Waals surface area contributed by atoms with Gasteiger partial charge in [0.1, 0.15) is 0 Å². The van der Waals surface area contributed by atoms with Crippen LogP contribution in [0.25, 0.3) is 0 Å². The number of aliphatic hydroxyl groups excluding tert-OH is 1.